The average molecular weight is 198 g/mol. The van der Waals surface area contributed by atoms with Crippen LogP contribution in [0.2, 0.25) is 0 Å². The molecular weight excluding hydrogens is 184 g/mol. The Hall–Kier alpha value is -1.13. The van der Waals surface area contributed by atoms with E-state index in [0.29, 0.717) is 0 Å². The van der Waals surface area contributed by atoms with Crippen molar-refractivity contribution in [2.45, 2.75) is 38.3 Å². The normalized spacial score (nSPS) is 39.8. The molecule has 0 saturated heterocycles. The standard InChI is InChI=1S/C9H14N2O3/c1-5(12)10-8-4-6-2-3-7(8)9(6)11(13)14/h6-9H,2-4H2,1H3,(H,10,12)/t6-,7+,8-,9?/m0/s1. The zero-order valence-electron chi connectivity index (χ0n) is 8.10. The fourth-order valence-electron chi connectivity index (χ4n) is 3.05. The van der Waals surface area contributed by atoms with Crippen molar-refractivity contribution in [2.75, 3.05) is 0 Å². The van der Waals surface area contributed by atoms with Crippen molar-refractivity contribution in [1.29, 1.82) is 0 Å². The van der Waals surface area contributed by atoms with E-state index in [2.05, 4.69) is 5.32 Å². The van der Waals surface area contributed by atoms with E-state index < -0.39 is 6.04 Å². The highest BCUT2D eigenvalue weighted by Gasteiger charge is 2.55. The van der Waals surface area contributed by atoms with Gasteiger partial charge in [-0.25, -0.2) is 0 Å². The Labute approximate surface area is 82.0 Å². The number of nitrogens with zero attached hydrogens (tertiary/aromatic N) is 1. The average Bonchev–Trinajstić information content (AvgIpc) is 2.58. The van der Waals surface area contributed by atoms with Gasteiger partial charge in [0, 0.05) is 29.7 Å². The van der Waals surface area contributed by atoms with Crippen molar-refractivity contribution in [3.05, 3.63) is 10.1 Å². The molecule has 0 spiro atoms. The van der Waals surface area contributed by atoms with Crippen molar-refractivity contribution >= 4 is 5.91 Å². The van der Waals surface area contributed by atoms with Gasteiger partial charge in [0.05, 0.1) is 0 Å². The fraction of sp³-hybridized carbons (Fsp3) is 0.889. The van der Waals surface area contributed by atoms with Gasteiger partial charge in [0.1, 0.15) is 0 Å². The number of carbonyl (C=O) groups excluding carboxylic acids is 1. The highest BCUT2D eigenvalue weighted by molar-refractivity contribution is 5.73. The van der Waals surface area contributed by atoms with Crippen LogP contribution in [0.5, 0.6) is 0 Å². The number of nitrogens with one attached hydrogen (secondary N) is 1. The second-order valence-corrected chi connectivity index (χ2v) is 4.32. The number of fused-ring (bicyclic) bond motifs is 2. The Kier molecular flexibility index (Phi) is 2.17. The Morgan fingerprint density at radius 2 is 2.21 bits per heavy atom. The van der Waals surface area contributed by atoms with Gasteiger partial charge in [-0.2, -0.15) is 0 Å². The van der Waals surface area contributed by atoms with E-state index in [4.69, 9.17) is 0 Å². The molecule has 2 bridgehead atoms. The van der Waals surface area contributed by atoms with Gasteiger partial charge < -0.3 is 5.32 Å². The van der Waals surface area contributed by atoms with E-state index in [1.165, 1.54) is 6.92 Å². The molecule has 0 radical (unpaired) electrons. The molecule has 78 valence electrons. The predicted octanol–water partition coefficient (Wildman–Crippen LogP) is 0.566. The third kappa shape index (κ3) is 1.36. The molecule has 0 aromatic heterocycles. The molecule has 4 atom stereocenters. The van der Waals surface area contributed by atoms with Gasteiger partial charge in [0.25, 0.3) is 0 Å². The van der Waals surface area contributed by atoms with Crippen LogP contribution < -0.4 is 5.32 Å². The molecule has 2 aliphatic carbocycles. The number of hydrogen-bond acceptors (Lipinski definition) is 3. The first-order chi connectivity index (χ1) is 6.59. The fourth-order valence-corrected chi connectivity index (χ4v) is 3.05. The summed E-state index contributed by atoms with van der Waals surface area (Å²) in [6, 6.07) is -0.367. The Morgan fingerprint density at radius 3 is 2.71 bits per heavy atom. The lowest BCUT2D eigenvalue weighted by atomic mass is 9.95. The maximum Gasteiger partial charge on any atom is 0.220 e. The molecular formula is C9H14N2O3. The molecule has 2 aliphatic rings. The Balaban J connectivity index is 2.07. The Bertz CT molecular complexity index is 279. The van der Waals surface area contributed by atoms with Gasteiger partial charge in [0.15, 0.2) is 0 Å². The largest absolute Gasteiger partial charge is 0.353 e. The highest BCUT2D eigenvalue weighted by Crippen LogP contribution is 2.46. The van der Waals surface area contributed by atoms with E-state index in [9.17, 15) is 14.9 Å². The smallest absolute Gasteiger partial charge is 0.220 e. The molecule has 5 heteroatoms. The minimum absolute atomic E-state index is 0.0432. The molecule has 0 aliphatic heterocycles. The van der Waals surface area contributed by atoms with Crippen molar-refractivity contribution < 1.29 is 9.72 Å². The van der Waals surface area contributed by atoms with Crippen molar-refractivity contribution in [3.63, 3.8) is 0 Å². The van der Waals surface area contributed by atoms with Crippen LogP contribution >= 0.6 is 0 Å². The lowest BCUT2D eigenvalue weighted by Crippen LogP contribution is -2.39. The summed E-state index contributed by atoms with van der Waals surface area (Å²) in [6.07, 6.45) is 2.63. The van der Waals surface area contributed by atoms with Crippen LogP contribution in [0.25, 0.3) is 0 Å². The molecule has 2 saturated carbocycles. The van der Waals surface area contributed by atoms with E-state index >= 15 is 0 Å². The zero-order valence-corrected chi connectivity index (χ0v) is 8.10. The molecule has 1 unspecified atom stereocenters. The minimum Gasteiger partial charge on any atom is -0.353 e. The van der Waals surface area contributed by atoms with Gasteiger partial charge in [-0.1, -0.05) is 0 Å². The summed E-state index contributed by atoms with van der Waals surface area (Å²) in [7, 11) is 0. The molecule has 5 nitrogen and oxygen atoms in total. The SMILES string of the molecule is CC(=O)N[C@H]1C[C@@H]2CC[C@H]1C2[N+](=O)[O-]. The Morgan fingerprint density at radius 1 is 1.50 bits per heavy atom. The summed E-state index contributed by atoms with van der Waals surface area (Å²) >= 11 is 0. The van der Waals surface area contributed by atoms with E-state index in [1.54, 1.807) is 0 Å². The summed E-state index contributed by atoms with van der Waals surface area (Å²) in [6.45, 7) is 1.47. The van der Waals surface area contributed by atoms with Crippen LogP contribution in [0.3, 0.4) is 0 Å². The molecule has 1 amide bonds. The van der Waals surface area contributed by atoms with E-state index in [0.717, 1.165) is 19.3 Å². The van der Waals surface area contributed by atoms with Crippen LogP contribution in [0, 0.1) is 22.0 Å². The molecule has 2 fully saturated rings. The molecule has 0 heterocycles. The van der Waals surface area contributed by atoms with Crippen molar-refractivity contribution in [2.24, 2.45) is 11.8 Å². The topological polar surface area (TPSA) is 72.2 Å². The predicted molar refractivity (Wildman–Crippen MR) is 49.2 cm³/mol. The van der Waals surface area contributed by atoms with E-state index in [1.807, 2.05) is 0 Å². The number of amides is 1. The molecule has 14 heavy (non-hydrogen) atoms. The maximum absolute atomic E-state index is 10.9. The maximum atomic E-state index is 10.9. The van der Waals surface area contributed by atoms with Gasteiger partial charge in [-0.3, -0.25) is 14.9 Å². The van der Waals surface area contributed by atoms with Gasteiger partial charge >= 0.3 is 0 Å². The van der Waals surface area contributed by atoms with Crippen molar-refractivity contribution in [3.8, 4) is 0 Å². The van der Waals surface area contributed by atoms with E-state index in [-0.39, 0.29) is 28.7 Å². The minimum atomic E-state index is -0.410. The van der Waals surface area contributed by atoms with Crippen molar-refractivity contribution in [1.82, 2.24) is 5.32 Å². The first-order valence-corrected chi connectivity index (χ1v) is 5.00. The zero-order chi connectivity index (χ0) is 10.3. The number of hydrogen-bond donors (Lipinski definition) is 1. The molecule has 1 N–H and O–H groups in total. The number of carbonyl (C=O) groups is 1. The summed E-state index contributed by atoms with van der Waals surface area (Å²) < 4.78 is 0. The number of nitro groups is 1. The monoisotopic (exact) mass is 198 g/mol. The first-order valence-electron chi connectivity index (χ1n) is 5.00. The van der Waals surface area contributed by atoms with Gasteiger partial charge in [-0.05, 0) is 19.3 Å². The van der Waals surface area contributed by atoms with Crippen LogP contribution in [0.1, 0.15) is 26.2 Å². The van der Waals surface area contributed by atoms with Crippen LogP contribution in [-0.2, 0) is 4.79 Å². The van der Waals surface area contributed by atoms with Crippen LogP contribution in [0.4, 0.5) is 0 Å². The lowest BCUT2D eigenvalue weighted by molar-refractivity contribution is -0.532. The molecule has 2 rings (SSSR count). The highest BCUT2D eigenvalue weighted by atomic mass is 16.6. The summed E-state index contributed by atoms with van der Waals surface area (Å²) in [5.74, 6) is 0.176. The summed E-state index contributed by atoms with van der Waals surface area (Å²) in [5, 5.41) is 13.6. The third-order valence-corrected chi connectivity index (χ3v) is 3.50. The summed E-state index contributed by atoms with van der Waals surface area (Å²) in [4.78, 5) is 21.5. The quantitative estimate of drug-likeness (QED) is 0.520. The second-order valence-electron chi connectivity index (χ2n) is 4.32. The van der Waals surface area contributed by atoms with Crippen LogP contribution in [0.15, 0.2) is 0 Å². The molecule has 0 aromatic rings. The molecule has 0 aromatic carbocycles. The van der Waals surface area contributed by atoms with Gasteiger partial charge in [0.2, 0.25) is 11.9 Å². The lowest BCUT2D eigenvalue weighted by Gasteiger charge is -2.20. The first kappa shape index (κ1) is 9.43. The van der Waals surface area contributed by atoms with Gasteiger partial charge in [-0.15, -0.1) is 0 Å². The number of rotatable bonds is 2. The third-order valence-electron chi connectivity index (χ3n) is 3.50. The summed E-state index contributed by atoms with van der Waals surface area (Å²) in [5.41, 5.74) is 0. The van der Waals surface area contributed by atoms with Crippen LogP contribution in [-0.4, -0.2) is 22.9 Å². The second kappa shape index (κ2) is 3.22.